The van der Waals surface area contributed by atoms with Crippen LogP contribution in [-0.4, -0.2) is 27.5 Å². The minimum Gasteiger partial charge on any atom is -0.384 e. The van der Waals surface area contributed by atoms with E-state index in [1.54, 1.807) is 0 Å². The van der Waals surface area contributed by atoms with E-state index in [1.165, 1.54) is 0 Å². The Morgan fingerprint density at radius 2 is 1.95 bits per heavy atom. The fourth-order valence-corrected chi connectivity index (χ4v) is 2.85. The van der Waals surface area contributed by atoms with Gasteiger partial charge in [0, 0.05) is 23.8 Å². The molecule has 1 rings (SSSR count). The van der Waals surface area contributed by atoms with E-state index < -0.39 is 0 Å². The number of nitrogens with two attached hydrogens (primary N) is 1. The van der Waals surface area contributed by atoms with Crippen LogP contribution in [0.15, 0.2) is 6.07 Å². The summed E-state index contributed by atoms with van der Waals surface area (Å²) in [6.45, 7) is 7.49. The smallest absolute Gasteiger partial charge is 0.133 e. The summed E-state index contributed by atoms with van der Waals surface area (Å²) in [4.78, 5) is 8.77. The predicted octanol–water partition coefficient (Wildman–Crippen LogP) is 3.35. The number of aryl methyl sites for hydroxylation is 1. The van der Waals surface area contributed by atoms with Crippen molar-refractivity contribution in [3.05, 3.63) is 11.9 Å². The maximum Gasteiger partial charge on any atom is 0.133 e. The van der Waals surface area contributed by atoms with E-state index in [0.29, 0.717) is 5.82 Å². The first-order chi connectivity index (χ1) is 9.09. The van der Waals surface area contributed by atoms with Gasteiger partial charge in [0.1, 0.15) is 17.5 Å². The molecule has 5 heteroatoms. The van der Waals surface area contributed by atoms with Crippen molar-refractivity contribution in [3.8, 4) is 0 Å². The first-order valence-electron chi connectivity index (χ1n) is 7.01. The normalized spacial score (nSPS) is 11.6. The third-order valence-corrected chi connectivity index (χ3v) is 5.17. The van der Waals surface area contributed by atoms with E-state index in [0.717, 1.165) is 43.9 Å². The fourth-order valence-electron chi connectivity index (χ4n) is 2.06. The molecule has 0 aromatic carbocycles. The number of hydrogen-bond donors (Lipinski definition) is 2. The second kappa shape index (κ2) is 7.58. The highest BCUT2D eigenvalue weighted by molar-refractivity contribution is 8.00. The lowest BCUT2D eigenvalue weighted by atomic mass is 10.0. The molecule has 0 aliphatic rings. The summed E-state index contributed by atoms with van der Waals surface area (Å²) in [6.07, 6.45) is 6.35. The van der Waals surface area contributed by atoms with Crippen LogP contribution in [0.25, 0.3) is 0 Å². The van der Waals surface area contributed by atoms with E-state index in [9.17, 15) is 0 Å². The largest absolute Gasteiger partial charge is 0.384 e. The highest BCUT2D eigenvalue weighted by Gasteiger charge is 2.24. The zero-order valence-corrected chi connectivity index (χ0v) is 13.3. The van der Waals surface area contributed by atoms with Crippen LogP contribution in [-0.2, 0) is 6.42 Å². The standard InChI is InChI=1S/C14H26N4S/c1-5-8-12-17-11(15)9-13(18-12)16-10-14(6-2,7-3)19-4/h9H,5-8,10H2,1-4H3,(H3,15,16,17,18). The van der Waals surface area contributed by atoms with Crippen LogP contribution in [0.1, 0.15) is 45.9 Å². The first kappa shape index (κ1) is 16.1. The Morgan fingerprint density at radius 3 is 2.47 bits per heavy atom. The maximum absolute atomic E-state index is 5.83. The van der Waals surface area contributed by atoms with Gasteiger partial charge in [-0.2, -0.15) is 11.8 Å². The van der Waals surface area contributed by atoms with Gasteiger partial charge in [0.15, 0.2) is 0 Å². The van der Waals surface area contributed by atoms with Crippen molar-refractivity contribution in [2.45, 2.75) is 51.2 Å². The monoisotopic (exact) mass is 282 g/mol. The Balaban J connectivity index is 2.76. The third-order valence-electron chi connectivity index (χ3n) is 3.58. The van der Waals surface area contributed by atoms with Crippen molar-refractivity contribution < 1.29 is 0 Å². The van der Waals surface area contributed by atoms with E-state index >= 15 is 0 Å². The molecule has 0 bridgehead atoms. The summed E-state index contributed by atoms with van der Waals surface area (Å²) in [6, 6.07) is 1.82. The molecule has 4 nitrogen and oxygen atoms in total. The maximum atomic E-state index is 5.83. The molecule has 0 amide bonds. The van der Waals surface area contributed by atoms with Gasteiger partial charge in [0.25, 0.3) is 0 Å². The Morgan fingerprint density at radius 1 is 1.26 bits per heavy atom. The molecule has 1 heterocycles. The molecule has 1 aromatic heterocycles. The Hall–Kier alpha value is -0.970. The molecular formula is C14H26N4S. The van der Waals surface area contributed by atoms with Crippen molar-refractivity contribution in [3.63, 3.8) is 0 Å². The number of rotatable bonds is 8. The minimum absolute atomic E-state index is 0.268. The summed E-state index contributed by atoms with van der Waals surface area (Å²) in [7, 11) is 0. The lowest BCUT2D eigenvalue weighted by Crippen LogP contribution is -2.32. The van der Waals surface area contributed by atoms with Crippen LogP contribution in [0.4, 0.5) is 11.6 Å². The number of aromatic nitrogens is 2. The molecule has 0 aliphatic carbocycles. The van der Waals surface area contributed by atoms with Crippen LogP contribution in [0, 0.1) is 0 Å². The lowest BCUT2D eigenvalue weighted by Gasteiger charge is -2.30. The molecule has 0 aliphatic heterocycles. The van der Waals surface area contributed by atoms with Crippen LogP contribution >= 0.6 is 11.8 Å². The highest BCUT2D eigenvalue weighted by Crippen LogP contribution is 2.30. The summed E-state index contributed by atoms with van der Waals surface area (Å²) in [5.41, 5.74) is 5.83. The number of thioether (sulfide) groups is 1. The number of nitrogen functional groups attached to an aromatic ring is 1. The zero-order chi connectivity index (χ0) is 14.3. The predicted molar refractivity (Wildman–Crippen MR) is 85.8 cm³/mol. The third kappa shape index (κ3) is 4.56. The van der Waals surface area contributed by atoms with Crippen molar-refractivity contribution >= 4 is 23.4 Å². The Labute approximate surface area is 121 Å². The summed E-state index contributed by atoms with van der Waals surface area (Å²) < 4.78 is 0.268. The van der Waals surface area contributed by atoms with Gasteiger partial charge in [-0.1, -0.05) is 20.8 Å². The first-order valence-corrected chi connectivity index (χ1v) is 8.24. The van der Waals surface area contributed by atoms with Gasteiger partial charge in [-0.05, 0) is 25.5 Å². The van der Waals surface area contributed by atoms with E-state index in [1.807, 2.05) is 17.8 Å². The van der Waals surface area contributed by atoms with Crippen molar-refractivity contribution in [1.82, 2.24) is 9.97 Å². The molecule has 0 radical (unpaired) electrons. The number of hydrogen-bond acceptors (Lipinski definition) is 5. The van der Waals surface area contributed by atoms with Crippen molar-refractivity contribution in [2.24, 2.45) is 0 Å². The highest BCUT2D eigenvalue weighted by atomic mass is 32.2. The number of nitrogens with zero attached hydrogens (tertiary/aromatic N) is 2. The number of nitrogens with one attached hydrogen (secondary N) is 1. The molecule has 0 spiro atoms. The molecular weight excluding hydrogens is 256 g/mol. The molecule has 0 atom stereocenters. The van der Waals surface area contributed by atoms with Gasteiger partial charge in [-0.25, -0.2) is 9.97 Å². The summed E-state index contributed by atoms with van der Waals surface area (Å²) in [5, 5.41) is 3.43. The molecule has 0 unspecified atom stereocenters. The number of anilines is 2. The van der Waals surface area contributed by atoms with Gasteiger partial charge in [-0.3, -0.25) is 0 Å². The van der Waals surface area contributed by atoms with Crippen LogP contribution in [0.5, 0.6) is 0 Å². The fraction of sp³-hybridized carbons (Fsp3) is 0.714. The van der Waals surface area contributed by atoms with Gasteiger partial charge in [0.2, 0.25) is 0 Å². The zero-order valence-electron chi connectivity index (χ0n) is 12.5. The van der Waals surface area contributed by atoms with Gasteiger partial charge in [0.05, 0.1) is 0 Å². The molecule has 0 saturated carbocycles. The second-order valence-electron chi connectivity index (χ2n) is 4.79. The SMILES string of the molecule is CCCc1nc(N)cc(NCC(CC)(CC)SC)n1. The van der Waals surface area contributed by atoms with Gasteiger partial charge < -0.3 is 11.1 Å². The quantitative estimate of drug-likeness (QED) is 0.765. The Kier molecular flexibility index (Phi) is 6.42. The molecule has 108 valence electrons. The van der Waals surface area contributed by atoms with E-state index in [2.05, 4.69) is 42.3 Å². The van der Waals surface area contributed by atoms with Crippen LogP contribution < -0.4 is 11.1 Å². The average molecular weight is 282 g/mol. The van der Waals surface area contributed by atoms with Crippen LogP contribution in [0.3, 0.4) is 0 Å². The summed E-state index contributed by atoms with van der Waals surface area (Å²) >= 11 is 1.92. The molecule has 19 heavy (non-hydrogen) atoms. The molecule has 0 saturated heterocycles. The lowest BCUT2D eigenvalue weighted by molar-refractivity contribution is 0.573. The second-order valence-corrected chi connectivity index (χ2v) is 6.07. The van der Waals surface area contributed by atoms with Crippen molar-refractivity contribution in [2.75, 3.05) is 23.9 Å². The molecule has 1 aromatic rings. The molecule has 3 N–H and O–H groups in total. The minimum atomic E-state index is 0.268. The van der Waals surface area contributed by atoms with Crippen molar-refractivity contribution in [1.29, 1.82) is 0 Å². The van der Waals surface area contributed by atoms with E-state index in [4.69, 9.17) is 5.73 Å². The topological polar surface area (TPSA) is 63.8 Å². The van der Waals surface area contributed by atoms with Gasteiger partial charge in [-0.15, -0.1) is 0 Å². The molecule has 0 fully saturated rings. The Bertz CT molecular complexity index is 383. The summed E-state index contributed by atoms with van der Waals surface area (Å²) in [5.74, 6) is 2.22. The van der Waals surface area contributed by atoms with E-state index in [-0.39, 0.29) is 4.75 Å². The average Bonchev–Trinajstić information content (AvgIpc) is 2.41. The van der Waals surface area contributed by atoms with Gasteiger partial charge >= 0.3 is 0 Å². The van der Waals surface area contributed by atoms with Crippen LogP contribution in [0.2, 0.25) is 0 Å².